The number of hydrogen-bond donors (Lipinski definition) is 0. The standard InChI is InChI=1S/C25H34.C7H14/c1-7-17(3)20-8-9-21-19-15-18(4)23-14-16(2)10-12-25(23,6)22(19)11-13-24(20,21)5;1-6(2)7(3,4)5/h10-12,14,18-21H,2-3,7-9,13,15H2,1,4-6H3;1H2,2-5H3/t18-,19?,20+,21?,24+,25+;/m0./s1. The largest absolute Gasteiger partial charge is 0.0996 e. The molecule has 0 spiro atoms. The van der Waals surface area contributed by atoms with Gasteiger partial charge in [-0.2, -0.15) is 0 Å². The van der Waals surface area contributed by atoms with Crippen LogP contribution in [-0.4, -0.2) is 0 Å². The molecule has 4 aliphatic carbocycles. The van der Waals surface area contributed by atoms with Crippen molar-refractivity contribution >= 4 is 0 Å². The molecule has 0 heteroatoms. The highest BCUT2D eigenvalue weighted by Gasteiger charge is 2.56. The molecular formula is C32H48. The van der Waals surface area contributed by atoms with Gasteiger partial charge in [-0.05, 0) is 86.0 Å². The van der Waals surface area contributed by atoms with E-state index in [9.17, 15) is 0 Å². The summed E-state index contributed by atoms with van der Waals surface area (Å²) in [5, 5.41) is 0. The average Bonchev–Trinajstić information content (AvgIpc) is 3.06. The third kappa shape index (κ3) is 4.20. The molecule has 0 aromatic heterocycles. The van der Waals surface area contributed by atoms with Crippen molar-refractivity contribution in [3.8, 4) is 0 Å². The molecule has 0 saturated heterocycles. The van der Waals surface area contributed by atoms with Crippen LogP contribution in [0.2, 0.25) is 0 Å². The monoisotopic (exact) mass is 432 g/mol. The maximum Gasteiger partial charge on any atom is 0.0284 e. The van der Waals surface area contributed by atoms with Gasteiger partial charge < -0.3 is 0 Å². The van der Waals surface area contributed by atoms with E-state index in [0.717, 1.165) is 24.2 Å². The minimum atomic E-state index is 0.130. The van der Waals surface area contributed by atoms with Crippen molar-refractivity contribution < 1.29 is 0 Å². The maximum absolute atomic E-state index is 4.45. The van der Waals surface area contributed by atoms with Crippen LogP contribution in [-0.2, 0) is 0 Å². The van der Waals surface area contributed by atoms with E-state index < -0.39 is 0 Å². The minimum absolute atomic E-state index is 0.130. The minimum Gasteiger partial charge on any atom is -0.0996 e. The van der Waals surface area contributed by atoms with E-state index in [4.69, 9.17) is 0 Å². The Balaban J connectivity index is 0.000000360. The van der Waals surface area contributed by atoms with Gasteiger partial charge in [-0.1, -0.05) is 108 Å². The van der Waals surface area contributed by atoms with Crippen LogP contribution < -0.4 is 0 Å². The van der Waals surface area contributed by atoms with Gasteiger partial charge in [0.2, 0.25) is 0 Å². The third-order valence-electron chi connectivity index (χ3n) is 9.59. The van der Waals surface area contributed by atoms with Crippen LogP contribution in [0.4, 0.5) is 0 Å². The van der Waals surface area contributed by atoms with E-state index in [1.165, 1.54) is 42.4 Å². The zero-order chi connectivity index (χ0) is 24.1. The fourth-order valence-electron chi connectivity index (χ4n) is 6.91. The Morgan fingerprint density at radius 1 is 1.12 bits per heavy atom. The molecule has 0 nitrogen and oxygen atoms in total. The van der Waals surface area contributed by atoms with E-state index in [-0.39, 0.29) is 5.41 Å². The summed E-state index contributed by atoms with van der Waals surface area (Å²) in [5.74, 6) is 2.97. The highest BCUT2D eigenvalue weighted by Crippen LogP contribution is 2.65. The normalized spacial score (nSPS) is 37.8. The summed E-state index contributed by atoms with van der Waals surface area (Å²) in [7, 11) is 0. The van der Waals surface area contributed by atoms with Gasteiger partial charge in [0.25, 0.3) is 0 Å². The molecular weight excluding hydrogens is 384 g/mol. The molecule has 32 heavy (non-hydrogen) atoms. The van der Waals surface area contributed by atoms with Gasteiger partial charge in [0.05, 0.1) is 0 Å². The van der Waals surface area contributed by atoms with Gasteiger partial charge in [-0.25, -0.2) is 0 Å². The van der Waals surface area contributed by atoms with Crippen molar-refractivity contribution in [2.75, 3.05) is 0 Å². The molecule has 4 rings (SSSR count). The molecule has 176 valence electrons. The fourth-order valence-corrected chi connectivity index (χ4v) is 6.91. The molecule has 4 aliphatic rings. The lowest BCUT2D eigenvalue weighted by molar-refractivity contribution is 0.0944. The van der Waals surface area contributed by atoms with E-state index in [0.29, 0.717) is 16.7 Å². The molecule has 0 aromatic rings. The van der Waals surface area contributed by atoms with Gasteiger partial charge in [-0.3, -0.25) is 0 Å². The summed E-state index contributed by atoms with van der Waals surface area (Å²) in [6.07, 6.45) is 16.1. The molecule has 2 fully saturated rings. The van der Waals surface area contributed by atoms with Crippen LogP contribution in [0.15, 0.2) is 71.9 Å². The van der Waals surface area contributed by atoms with E-state index in [1.807, 2.05) is 0 Å². The molecule has 0 aliphatic heterocycles. The Hall–Kier alpha value is -1.56. The topological polar surface area (TPSA) is 0 Å². The molecule has 2 unspecified atom stereocenters. The lowest BCUT2D eigenvalue weighted by atomic mass is 9.50. The van der Waals surface area contributed by atoms with E-state index in [1.54, 1.807) is 11.1 Å². The Morgan fingerprint density at radius 2 is 1.75 bits per heavy atom. The fraction of sp³-hybridized carbons (Fsp3) is 0.625. The van der Waals surface area contributed by atoms with Crippen molar-refractivity contribution in [3.63, 3.8) is 0 Å². The van der Waals surface area contributed by atoms with Crippen molar-refractivity contribution in [3.05, 3.63) is 71.9 Å². The molecule has 0 amide bonds. The number of fused-ring (bicyclic) bond motifs is 5. The maximum atomic E-state index is 4.45. The smallest absolute Gasteiger partial charge is 0.0284 e. The van der Waals surface area contributed by atoms with Crippen LogP contribution in [0, 0.1) is 39.9 Å². The first-order valence-corrected chi connectivity index (χ1v) is 12.9. The summed E-state index contributed by atoms with van der Waals surface area (Å²) in [5.41, 5.74) is 8.08. The second-order valence-electron chi connectivity index (χ2n) is 12.6. The Morgan fingerprint density at radius 3 is 2.31 bits per heavy atom. The summed E-state index contributed by atoms with van der Waals surface area (Å²) in [6, 6.07) is 0. The lowest BCUT2D eigenvalue weighted by Crippen LogP contribution is -2.45. The van der Waals surface area contributed by atoms with Crippen LogP contribution in [0.5, 0.6) is 0 Å². The molecule has 0 bridgehead atoms. The van der Waals surface area contributed by atoms with Crippen LogP contribution in [0.3, 0.4) is 0 Å². The average molecular weight is 433 g/mol. The molecule has 0 N–H and O–H groups in total. The summed E-state index contributed by atoms with van der Waals surface area (Å²) in [6.45, 7) is 30.7. The van der Waals surface area contributed by atoms with Gasteiger partial charge >= 0.3 is 0 Å². The van der Waals surface area contributed by atoms with Gasteiger partial charge in [0.1, 0.15) is 0 Å². The Bertz CT molecular complexity index is 881. The van der Waals surface area contributed by atoms with Gasteiger partial charge in [0, 0.05) is 5.41 Å². The number of hydrogen-bond acceptors (Lipinski definition) is 0. The molecule has 0 aromatic carbocycles. The molecule has 2 saturated carbocycles. The summed E-state index contributed by atoms with van der Waals surface area (Å²) >= 11 is 0. The Kier molecular flexibility index (Phi) is 6.78. The molecule has 6 atom stereocenters. The second kappa shape index (κ2) is 8.66. The first kappa shape index (κ1) is 25.1. The Labute approximate surface area is 199 Å². The first-order chi connectivity index (χ1) is 14.8. The van der Waals surface area contributed by atoms with Gasteiger partial charge in [-0.15, -0.1) is 0 Å². The highest BCUT2D eigenvalue weighted by atomic mass is 14.6. The molecule has 0 heterocycles. The first-order valence-electron chi connectivity index (χ1n) is 12.9. The zero-order valence-corrected chi connectivity index (χ0v) is 22.3. The van der Waals surface area contributed by atoms with Crippen LogP contribution in [0.1, 0.15) is 87.5 Å². The number of allylic oxidation sites excluding steroid dienone is 9. The van der Waals surface area contributed by atoms with Gasteiger partial charge in [0.15, 0.2) is 0 Å². The predicted octanol–water partition coefficient (Wildman–Crippen LogP) is 9.64. The van der Waals surface area contributed by atoms with E-state index >= 15 is 0 Å². The third-order valence-corrected chi connectivity index (χ3v) is 9.59. The van der Waals surface area contributed by atoms with E-state index in [2.05, 4.69) is 99.4 Å². The van der Waals surface area contributed by atoms with Crippen LogP contribution in [0.25, 0.3) is 0 Å². The summed E-state index contributed by atoms with van der Waals surface area (Å²) in [4.78, 5) is 0. The quantitative estimate of drug-likeness (QED) is 0.381. The molecule has 0 radical (unpaired) electrons. The van der Waals surface area contributed by atoms with Crippen molar-refractivity contribution in [1.29, 1.82) is 0 Å². The van der Waals surface area contributed by atoms with Crippen molar-refractivity contribution in [1.82, 2.24) is 0 Å². The van der Waals surface area contributed by atoms with Crippen molar-refractivity contribution in [2.24, 2.45) is 39.9 Å². The van der Waals surface area contributed by atoms with Crippen LogP contribution >= 0.6 is 0 Å². The lowest BCUT2D eigenvalue weighted by Gasteiger charge is -2.54. The predicted molar refractivity (Wildman–Crippen MR) is 142 cm³/mol. The SMILES string of the molecule is C=C(C)C(C)(C)C.C=C1C=C[C@]2(C)C3=CC[C@@]4(C)C(CC[C@@H]4C(=C)CC)C3C[C@H](C)C2=C1. The van der Waals surface area contributed by atoms with Crippen molar-refractivity contribution in [2.45, 2.75) is 87.5 Å². The zero-order valence-electron chi connectivity index (χ0n) is 22.3. The second-order valence-corrected chi connectivity index (χ2v) is 12.6. The highest BCUT2D eigenvalue weighted by molar-refractivity contribution is 5.51. The number of rotatable bonds is 2. The summed E-state index contributed by atoms with van der Waals surface area (Å²) < 4.78 is 0.